The summed E-state index contributed by atoms with van der Waals surface area (Å²) in [6, 6.07) is 9.18. The molecule has 1 N–H and O–H groups in total. The van der Waals surface area contributed by atoms with Crippen LogP contribution in [-0.2, 0) is 0 Å². The molecule has 0 radical (unpaired) electrons. The quantitative estimate of drug-likeness (QED) is 0.502. The number of hydrogen-bond donors (Lipinski definition) is 1. The predicted octanol–water partition coefficient (Wildman–Crippen LogP) is 5.35. The van der Waals surface area contributed by atoms with Crippen molar-refractivity contribution in [2.24, 2.45) is 5.10 Å². The van der Waals surface area contributed by atoms with Crippen LogP contribution in [0.3, 0.4) is 0 Å². The molecule has 2 aromatic heterocycles. The first-order valence-electron chi connectivity index (χ1n) is 6.75. The van der Waals surface area contributed by atoms with Crippen LogP contribution in [0.15, 0.2) is 53.2 Å². The third kappa shape index (κ3) is 3.88. The number of hydrazone groups is 1. The lowest BCUT2D eigenvalue weighted by Gasteiger charge is -2.01. The van der Waals surface area contributed by atoms with Crippen LogP contribution >= 0.6 is 34.5 Å². The van der Waals surface area contributed by atoms with Crippen molar-refractivity contribution < 1.29 is 0 Å². The van der Waals surface area contributed by atoms with Crippen LogP contribution in [0, 0.1) is 0 Å². The second-order valence-electron chi connectivity index (χ2n) is 4.71. The van der Waals surface area contributed by atoms with Gasteiger partial charge in [0.15, 0.2) is 0 Å². The van der Waals surface area contributed by atoms with E-state index in [0.717, 1.165) is 22.5 Å². The summed E-state index contributed by atoms with van der Waals surface area (Å²) >= 11 is 13.6. The molecule has 0 saturated carbocycles. The molecule has 2 heterocycles. The fourth-order valence-corrected chi connectivity index (χ4v) is 3.08. The number of anilines is 1. The molecular formula is C16H12Cl2N4S. The number of pyridine rings is 1. The first-order valence-corrected chi connectivity index (χ1v) is 8.38. The zero-order chi connectivity index (χ0) is 16.2. The monoisotopic (exact) mass is 362 g/mol. The van der Waals surface area contributed by atoms with Gasteiger partial charge in [0, 0.05) is 33.9 Å². The molecule has 0 spiro atoms. The van der Waals surface area contributed by atoms with Crippen molar-refractivity contribution >= 4 is 45.4 Å². The molecule has 1 aromatic carbocycles. The lowest BCUT2D eigenvalue weighted by atomic mass is 10.2. The lowest BCUT2D eigenvalue weighted by Crippen LogP contribution is -1.99. The van der Waals surface area contributed by atoms with E-state index >= 15 is 0 Å². The van der Waals surface area contributed by atoms with Gasteiger partial charge in [0.1, 0.15) is 0 Å². The minimum atomic E-state index is 0.574. The summed E-state index contributed by atoms with van der Waals surface area (Å²) in [5.41, 5.74) is 6.38. The third-order valence-corrected chi connectivity index (χ3v) is 4.40. The maximum Gasteiger partial charge on any atom is 0.203 e. The number of aromatic nitrogens is 2. The van der Waals surface area contributed by atoms with Gasteiger partial charge >= 0.3 is 0 Å². The molecule has 0 saturated heterocycles. The Hall–Kier alpha value is -1.95. The number of nitrogens with zero attached hydrogens (tertiary/aromatic N) is 3. The van der Waals surface area contributed by atoms with Crippen LogP contribution < -0.4 is 5.43 Å². The molecule has 0 aliphatic carbocycles. The van der Waals surface area contributed by atoms with Crippen molar-refractivity contribution in [3.63, 3.8) is 0 Å². The highest BCUT2D eigenvalue weighted by Gasteiger charge is 2.08. The maximum atomic E-state index is 6.21. The van der Waals surface area contributed by atoms with Crippen LogP contribution in [0.1, 0.15) is 12.5 Å². The van der Waals surface area contributed by atoms with E-state index in [1.165, 1.54) is 11.3 Å². The van der Waals surface area contributed by atoms with Gasteiger partial charge in [0.2, 0.25) is 5.13 Å². The van der Waals surface area contributed by atoms with E-state index in [1.54, 1.807) is 24.5 Å². The molecule has 0 amide bonds. The minimum Gasteiger partial charge on any atom is -0.264 e. The SMILES string of the molecule is C/C(=N/Nc1nc(-c2ccc(Cl)cc2Cl)cs1)c1cccnc1. The summed E-state index contributed by atoms with van der Waals surface area (Å²) in [4.78, 5) is 8.57. The Morgan fingerprint density at radius 3 is 2.87 bits per heavy atom. The first kappa shape index (κ1) is 15.9. The van der Waals surface area contributed by atoms with Gasteiger partial charge in [0.05, 0.1) is 16.4 Å². The third-order valence-electron chi connectivity index (χ3n) is 3.11. The van der Waals surface area contributed by atoms with Gasteiger partial charge in [0.25, 0.3) is 0 Å². The van der Waals surface area contributed by atoms with Crippen molar-refractivity contribution in [1.29, 1.82) is 0 Å². The van der Waals surface area contributed by atoms with E-state index < -0.39 is 0 Å². The highest BCUT2D eigenvalue weighted by atomic mass is 35.5. The Kier molecular flexibility index (Phi) is 4.91. The van der Waals surface area contributed by atoms with E-state index in [1.807, 2.05) is 30.5 Å². The van der Waals surface area contributed by atoms with E-state index in [4.69, 9.17) is 23.2 Å². The number of rotatable bonds is 4. The average Bonchev–Trinajstić information content (AvgIpc) is 3.02. The van der Waals surface area contributed by atoms with Gasteiger partial charge in [-0.1, -0.05) is 29.3 Å². The molecule has 0 atom stereocenters. The zero-order valence-electron chi connectivity index (χ0n) is 12.1. The van der Waals surface area contributed by atoms with Gasteiger partial charge in [-0.15, -0.1) is 11.3 Å². The summed E-state index contributed by atoms with van der Waals surface area (Å²) in [6.07, 6.45) is 3.49. The summed E-state index contributed by atoms with van der Waals surface area (Å²) in [5.74, 6) is 0. The predicted molar refractivity (Wildman–Crippen MR) is 97.6 cm³/mol. The summed E-state index contributed by atoms with van der Waals surface area (Å²) in [6.45, 7) is 1.91. The number of hydrogen-bond acceptors (Lipinski definition) is 5. The molecule has 3 aromatic rings. The minimum absolute atomic E-state index is 0.574. The molecule has 0 fully saturated rings. The van der Waals surface area contributed by atoms with Crippen molar-refractivity contribution in [2.45, 2.75) is 6.92 Å². The lowest BCUT2D eigenvalue weighted by molar-refractivity contribution is 1.26. The van der Waals surface area contributed by atoms with Crippen LogP contribution in [-0.4, -0.2) is 15.7 Å². The molecule has 4 nitrogen and oxygen atoms in total. The van der Waals surface area contributed by atoms with Crippen LogP contribution in [0.5, 0.6) is 0 Å². The average molecular weight is 363 g/mol. The van der Waals surface area contributed by atoms with Crippen molar-refractivity contribution in [1.82, 2.24) is 9.97 Å². The first-order chi connectivity index (χ1) is 11.1. The number of benzene rings is 1. The standard InChI is InChI=1S/C16H12Cl2N4S/c1-10(11-3-2-6-19-8-11)21-22-16-20-15(9-23-16)13-5-4-12(17)7-14(13)18/h2-9H,1H3,(H,20,22)/b21-10-. The van der Waals surface area contributed by atoms with Gasteiger partial charge in [-0.3, -0.25) is 10.4 Å². The number of halogens is 2. The van der Waals surface area contributed by atoms with Gasteiger partial charge in [-0.2, -0.15) is 5.10 Å². The van der Waals surface area contributed by atoms with Crippen LogP contribution in [0.25, 0.3) is 11.3 Å². The Morgan fingerprint density at radius 1 is 1.26 bits per heavy atom. The highest BCUT2D eigenvalue weighted by Crippen LogP contribution is 2.32. The Labute approximate surface area is 147 Å². The zero-order valence-corrected chi connectivity index (χ0v) is 14.5. The number of thiazole rings is 1. The summed E-state index contributed by atoms with van der Waals surface area (Å²) in [5, 5.41) is 8.12. The summed E-state index contributed by atoms with van der Waals surface area (Å²) in [7, 11) is 0. The maximum absolute atomic E-state index is 6.21. The van der Waals surface area contributed by atoms with E-state index in [0.29, 0.717) is 15.2 Å². The van der Waals surface area contributed by atoms with E-state index in [-0.39, 0.29) is 0 Å². The second kappa shape index (κ2) is 7.08. The highest BCUT2D eigenvalue weighted by molar-refractivity contribution is 7.14. The van der Waals surface area contributed by atoms with Gasteiger partial charge in [-0.25, -0.2) is 4.98 Å². The summed E-state index contributed by atoms with van der Waals surface area (Å²) < 4.78 is 0. The van der Waals surface area contributed by atoms with Crippen molar-refractivity contribution in [3.05, 3.63) is 63.7 Å². The molecule has 0 aliphatic heterocycles. The fourth-order valence-electron chi connectivity index (χ4n) is 1.92. The Balaban J connectivity index is 1.77. The Morgan fingerprint density at radius 2 is 2.13 bits per heavy atom. The second-order valence-corrected chi connectivity index (χ2v) is 6.41. The smallest absolute Gasteiger partial charge is 0.203 e. The Bertz CT molecular complexity index is 846. The van der Waals surface area contributed by atoms with Crippen LogP contribution in [0.4, 0.5) is 5.13 Å². The molecule has 23 heavy (non-hydrogen) atoms. The normalized spacial score (nSPS) is 11.5. The van der Waals surface area contributed by atoms with Gasteiger partial charge < -0.3 is 0 Å². The van der Waals surface area contributed by atoms with Crippen LogP contribution in [0.2, 0.25) is 10.0 Å². The molecule has 116 valence electrons. The van der Waals surface area contributed by atoms with Crippen molar-refractivity contribution in [2.75, 3.05) is 5.43 Å². The molecule has 0 unspecified atom stereocenters. The van der Waals surface area contributed by atoms with E-state index in [2.05, 4.69) is 20.5 Å². The van der Waals surface area contributed by atoms with E-state index in [9.17, 15) is 0 Å². The van der Waals surface area contributed by atoms with Crippen molar-refractivity contribution in [3.8, 4) is 11.3 Å². The molecule has 0 aliphatic rings. The molecule has 3 rings (SSSR count). The molecular weight excluding hydrogens is 351 g/mol. The van der Waals surface area contributed by atoms with Gasteiger partial charge in [-0.05, 0) is 31.2 Å². The molecule has 7 heteroatoms. The largest absolute Gasteiger partial charge is 0.264 e. The fraction of sp³-hybridized carbons (Fsp3) is 0.0625. The topological polar surface area (TPSA) is 50.2 Å². The number of nitrogens with one attached hydrogen (secondary N) is 1. The molecule has 0 bridgehead atoms.